The fraction of sp³-hybridized carbons (Fsp3) is 0.106. The molecule has 7 aromatic carbocycles. The van der Waals surface area contributed by atoms with Crippen LogP contribution in [0.5, 0.6) is 0 Å². The predicted octanol–water partition coefficient (Wildman–Crippen LogP) is 11.9. The van der Waals surface area contributed by atoms with Gasteiger partial charge in [-0.15, -0.1) is 0 Å². The molecule has 48 heavy (non-hydrogen) atoms. The summed E-state index contributed by atoms with van der Waals surface area (Å²) in [6.45, 7) is 4.54. The maximum absolute atomic E-state index is 2.56. The van der Waals surface area contributed by atoms with Gasteiger partial charge in [-0.3, -0.25) is 0 Å². The van der Waals surface area contributed by atoms with Crippen LogP contribution in [0, 0.1) is 0 Å². The summed E-state index contributed by atoms with van der Waals surface area (Å²) < 4.78 is 2.56. The zero-order valence-electron chi connectivity index (χ0n) is 27.3. The monoisotopic (exact) mass is 613 g/mol. The van der Waals surface area contributed by atoms with Gasteiger partial charge in [0, 0.05) is 22.0 Å². The summed E-state index contributed by atoms with van der Waals surface area (Å²) in [6.07, 6.45) is 1.99. The lowest BCUT2D eigenvalue weighted by Crippen LogP contribution is -2.25. The van der Waals surface area contributed by atoms with Crippen LogP contribution in [-0.4, -0.2) is 4.57 Å². The second-order valence-corrected chi connectivity index (χ2v) is 13.3. The standard InChI is InChI=1S/C47H35N/c1-3-30-15-5-6-16-33(30)34-26-25-32(29-31(34)4-2)48-44-24-14-10-19-37(44)38-27-28-43-45(46(38)48)39-20-9-13-23-42(39)47(43)40-21-11-7-17-35(40)36-18-8-12-22-41(36)47/h5-29H,3-4H2,1-2H3. The molecule has 0 aliphatic heterocycles. The number of fused-ring (bicyclic) bond motifs is 14. The van der Waals surface area contributed by atoms with E-state index < -0.39 is 0 Å². The maximum Gasteiger partial charge on any atom is 0.0726 e. The van der Waals surface area contributed by atoms with Gasteiger partial charge in [-0.2, -0.15) is 0 Å². The Kier molecular flexibility index (Phi) is 5.82. The van der Waals surface area contributed by atoms with Crippen molar-refractivity contribution < 1.29 is 0 Å². The van der Waals surface area contributed by atoms with Gasteiger partial charge in [-0.1, -0.05) is 147 Å². The highest BCUT2D eigenvalue weighted by Crippen LogP contribution is 2.64. The molecule has 0 fully saturated rings. The Morgan fingerprint density at radius 3 is 1.71 bits per heavy atom. The van der Waals surface area contributed by atoms with Gasteiger partial charge in [-0.25, -0.2) is 0 Å². The van der Waals surface area contributed by atoms with Gasteiger partial charge >= 0.3 is 0 Å². The maximum atomic E-state index is 2.56. The summed E-state index contributed by atoms with van der Waals surface area (Å²) in [7, 11) is 0. The Balaban J connectivity index is 1.33. The van der Waals surface area contributed by atoms with E-state index in [9.17, 15) is 0 Å². The van der Waals surface area contributed by atoms with E-state index in [2.05, 4.69) is 170 Å². The summed E-state index contributed by atoms with van der Waals surface area (Å²) in [6, 6.07) is 57.2. The molecule has 1 heteroatoms. The third-order valence-electron chi connectivity index (χ3n) is 11.2. The van der Waals surface area contributed by atoms with Crippen molar-refractivity contribution in [2.45, 2.75) is 32.1 Å². The highest BCUT2D eigenvalue weighted by Gasteiger charge is 2.52. The molecule has 2 aliphatic carbocycles. The van der Waals surface area contributed by atoms with E-state index in [-0.39, 0.29) is 5.41 Å². The molecule has 0 bridgehead atoms. The van der Waals surface area contributed by atoms with Crippen molar-refractivity contribution in [3.63, 3.8) is 0 Å². The smallest absolute Gasteiger partial charge is 0.0726 e. The van der Waals surface area contributed by atoms with Crippen molar-refractivity contribution in [2.24, 2.45) is 0 Å². The second-order valence-electron chi connectivity index (χ2n) is 13.3. The molecule has 1 spiro atoms. The van der Waals surface area contributed by atoms with Crippen LogP contribution in [0.1, 0.15) is 47.2 Å². The van der Waals surface area contributed by atoms with Gasteiger partial charge in [-0.05, 0) is 92.2 Å². The SMILES string of the molecule is CCc1ccccc1-c1ccc(-n2c3ccccc3c3ccc4c(c32)-c2ccccc2C42c3ccccc3-c3ccccc32)cc1CC. The van der Waals surface area contributed by atoms with Gasteiger partial charge in [0.25, 0.3) is 0 Å². The van der Waals surface area contributed by atoms with E-state index in [0.29, 0.717) is 0 Å². The summed E-state index contributed by atoms with van der Waals surface area (Å²) in [5.74, 6) is 0. The molecule has 2 aliphatic rings. The molecule has 8 aromatic rings. The van der Waals surface area contributed by atoms with Crippen molar-refractivity contribution >= 4 is 21.8 Å². The minimum atomic E-state index is -0.364. The summed E-state index contributed by atoms with van der Waals surface area (Å²) in [5, 5.41) is 2.59. The average Bonchev–Trinajstić information content (AvgIpc) is 3.76. The van der Waals surface area contributed by atoms with E-state index in [0.717, 1.165) is 12.8 Å². The molecule has 10 rings (SSSR count). The van der Waals surface area contributed by atoms with Crippen LogP contribution in [0.4, 0.5) is 0 Å². The molecule has 0 atom stereocenters. The first-order valence-corrected chi connectivity index (χ1v) is 17.3. The second kappa shape index (κ2) is 10.2. The first kappa shape index (κ1) is 27.5. The van der Waals surface area contributed by atoms with Crippen molar-refractivity contribution in [3.05, 3.63) is 185 Å². The zero-order chi connectivity index (χ0) is 32.0. The molecule has 0 radical (unpaired) electrons. The topological polar surface area (TPSA) is 4.93 Å². The molecule has 0 N–H and O–H groups in total. The fourth-order valence-electron chi connectivity index (χ4n) is 9.27. The number of benzene rings is 7. The first-order chi connectivity index (χ1) is 23.8. The minimum absolute atomic E-state index is 0.364. The molecule has 1 nitrogen and oxygen atoms in total. The van der Waals surface area contributed by atoms with Crippen LogP contribution >= 0.6 is 0 Å². The zero-order valence-corrected chi connectivity index (χ0v) is 27.3. The Labute approximate surface area is 281 Å². The number of hydrogen-bond acceptors (Lipinski definition) is 0. The van der Waals surface area contributed by atoms with Gasteiger partial charge in [0.2, 0.25) is 0 Å². The van der Waals surface area contributed by atoms with E-state index in [1.807, 2.05) is 0 Å². The summed E-state index contributed by atoms with van der Waals surface area (Å²) >= 11 is 0. The summed E-state index contributed by atoms with van der Waals surface area (Å²) in [4.78, 5) is 0. The minimum Gasteiger partial charge on any atom is -0.309 e. The molecule has 1 aromatic heterocycles. The average molecular weight is 614 g/mol. The van der Waals surface area contributed by atoms with Crippen LogP contribution in [0.25, 0.3) is 60.9 Å². The van der Waals surface area contributed by atoms with Gasteiger partial charge in [0.05, 0.1) is 16.4 Å². The number of rotatable bonds is 4. The number of aryl methyl sites for hydroxylation is 2. The third kappa shape index (κ3) is 3.41. The highest BCUT2D eigenvalue weighted by molar-refractivity contribution is 6.16. The van der Waals surface area contributed by atoms with E-state index >= 15 is 0 Å². The van der Waals surface area contributed by atoms with Crippen LogP contribution < -0.4 is 0 Å². The molecule has 1 heterocycles. The largest absolute Gasteiger partial charge is 0.309 e. The van der Waals surface area contributed by atoms with Gasteiger partial charge in [0.1, 0.15) is 0 Å². The molecule has 0 saturated heterocycles. The lowest BCUT2D eigenvalue weighted by molar-refractivity contribution is 0.794. The van der Waals surface area contributed by atoms with Gasteiger partial charge < -0.3 is 4.57 Å². The lowest BCUT2D eigenvalue weighted by Gasteiger charge is -2.30. The van der Waals surface area contributed by atoms with Crippen LogP contribution in [0.15, 0.2) is 152 Å². The normalized spacial score (nSPS) is 13.5. The van der Waals surface area contributed by atoms with E-state index in [1.54, 1.807) is 0 Å². The quantitative estimate of drug-likeness (QED) is 0.186. The molecule has 228 valence electrons. The number of aromatic nitrogens is 1. The molecular formula is C47H35N. The Bertz CT molecular complexity index is 2550. The Morgan fingerprint density at radius 1 is 0.438 bits per heavy atom. The van der Waals surface area contributed by atoms with Crippen molar-refractivity contribution in [3.8, 4) is 39.1 Å². The van der Waals surface area contributed by atoms with E-state index in [1.165, 1.54) is 94.3 Å². The van der Waals surface area contributed by atoms with Crippen LogP contribution in [-0.2, 0) is 18.3 Å². The molecular weight excluding hydrogens is 579 g/mol. The van der Waals surface area contributed by atoms with Crippen molar-refractivity contribution in [1.82, 2.24) is 4.57 Å². The predicted molar refractivity (Wildman–Crippen MR) is 201 cm³/mol. The molecule has 0 amide bonds. The fourth-order valence-corrected chi connectivity index (χ4v) is 9.27. The molecule has 0 saturated carbocycles. The number of para-hydroxylation sites is 1. The first-order valence-electron chi connectivity index (χ1n) is 17.3. The highest BCUT2D eigenvalue weighted by atomic mass is 15.0. The summed E-state index contributed by atoms with van der Waals surface area (Å²) in [5.41, 5.74) is 19.7. The number of nitrogens with zero attached hydrogens (tertiary/aromatic N) is 1. The van der Waals surface area contributed by atoms with Crippen molar-refractivity contribution in [2.75, 3.05) is 0 Å². The van der Waals surface area contributed by atoms with Gasteiger partial charge in [0.15, 0.2) is 0 Å². The molecule has 0 unspecified atom stereocenters. The Hall–Kier alpha value is -5.66. The van der Waals surface area contributed by atoms with E-state index in [4.69, 9.17) is 0 Å². The van der Waals surface area contributed by atoms with Crippen molar-refractivity contribution in [1.29, 1.82) is 0 Å². The van der Waals surface area contributed by atoms with Crippen LogP contribution in [0.3, 0.4) is 0 Å². The lowest BCUT2D eigenvalue weighted by atomic mass is 9.70. The Morgan fingerprint density at radius 2 is 1.00 bits per heavy atom. The van der Waals surface area contributed by atoms with Crippen LogP contribution in [0.2, 0.25) is 0 Å². The number of hydrogen-bond donors (Lipinski definition) is 0. The third-order valence-corrected chi connectivity index (χ3v) is 11.2.